The van der Waals surface area contributed by atoms with E-state index in [0.717, 1.165) is 5.56 Å². The van der Waals surface area contributed by atoms with Gasteiger partial charge in [-0.2, -0.15) is 0 Å². The summed E-state index contributed by atoms with van der Waals surface area (Å²) < 4.78 is 4.96. The molecule has 0 saturated carbocycles. The minimum Gasteiger partial charge on any atom is -0.385 e. The van der Waals surface area contributed by atoms with E-state index in [1.165, 1.54) is 0 Å². The first-order chi connectivity index (χ1) is 8.65. The average molecular weight is 290 g/mol. The maximum absolute atomic E-state index is 11.8. The lowest BCUT2D eigenvalue weighted by Crippen LogP contribution is -2.37. The molecule has 0 aliphatic heterocycles. The second-order valence-corrected chi connectivity index (χ2v) is 4.75. The standard InChI is InChI=1S/C13H17Cl2NO2/c1-18-6-5-12(9-14)16-13(17)8-10-3-2-4-11(15)7-10/h2-4,7,12H,5-6,8-9H2,1H3,(H,16,17). The van der Waals surface area contributed by atoms with E-state index in [2.05, 4.69) is 5.32 Å². The zero-order valence-corrected chi connectivity index (χ0v) is 11.8. The fourth-order valence-electron chi connectivity index (χ4n) is 1.56. The van der Waals surface area contributed by atoms with Crippen LogP contribution in [0.5, 0.6) is 0 Å². The third-order valence-corrected chi connectivity index (χ3v) is 3.08. The third kappa shape index (κ3) is 5.71. The Balaban J connectivity index is 2.45. The van der Waals surface area contributed by atoms with Crippen molar-refractivity contribution in [2.75, 3.05) is 19.6 Å². The normalized spacial score (nSPS) is 12.2. The van der Waals surface area contributed by atoms with Crippen molar-refractivity contribution >= 4 is 29.1 Å². The number of halogens is 2. The molecule has 1 N–H and O–H groups in total. The van der Waals surface area contributed by atoms with Crippen LogP contribution in [0.15, 0.2) is 24.3 Å². The molecule has 0 heterocycles. The zero-order valence-electron chi connectivity index (χ0n) is 10.3. The van der Waals surface area contributed by atoms with Crippen molar-refractivity contribution < 1.29 is 9.53 Å². The van der Waals surface area contributed by atoms with E-state index < -0.39 is 0 Å². The van der Waals surface area contributed by atoms with E-state index in [1.54, 1.807) is 19.2 Å². The van der Waals surface area contributed by atoms with E-state index in [-0.39, 0.29) is 11.9 Å². The zero-order chi connectivity index (χ0) is 13.4. The van der Waals surface area contributed by atoms with Crippen molar-refractivity contribution in [1.29, 1.82) is 0 Å². The number of methoxy groups -OCH3 is 1. The molecule has 0 spiro atoms. The monoisotopic (exact) mass is 289 g/mol. The van der Waals surface area contributed by atoms with Gasteiger partial charge in [0.15, 0.2) is 0 Å². The van der Waals surface area contributed by atoms with E-state index in [1.807, 2.05) is 12.1 Å². The maximum Gasteiger partial charge on any atom is 0.224 e. The molecule has 18 heavy (non-hydrogen) atoms. The van der Waals surface area contributed by atoms with Crippen LogP contribution in [0.4, 0.5) is 0 Å². The Morgan fingerprint density at radius 3 is 2.89 bits per heavy atom. The van der Waals surface area contributed by atoms with Gasteiger partial charge in [-0.3, -0.25) is 4.79 Å². The third-order valence-electron chi connectivity index (χ3n) is 2.48. The van der Waals surface area contributed by atoms with Gasteiger partial charge in [0.1, 0.15) is 0 Å². The lowest BCUT2D eigenvalue weighted by molar-refractivity contribution is -0.121. The van der Waals surface area contributed by atoms with Crippen LogP contribution in [0.25, 0.3) is 0 Å². The van der Waals surface area contributed by atoms with Gasteiger partial charge >= 0.3 is 0 Å². The SMILES string of the molecule is COCCC(CCl)NC(=O)Cc1cccc(Cl)c1. The quantitative estimate of drug-likeness (QED) is 0.784. The van der Waals surface area contributed by atoms with E-state index >= 15 is 0 Å². The smallest absolute Gasteiger partial charge is 0.224 e. The molecule has 1 amide bonds. The Kier molecular flexibility index (Phi) is 7.09. The lowest BCUT2D eigenvalue weighted by Gasteiger charge is -2.15. The number of hydrogen-bond donors (Lipinski definition) is 1. The molecule has 0 aromatic heterocycles. The Morgan fingerprint density at radius 2 is 2.28 bits per heavy atom. The van der Waals surface area contributed by atoms with Gasteiger partial charge in [-0.15, -0.1) is 11.6 Å². The molecule has 0 aliphatic rings. The predicted octanol–water partition coefficient (Wildman–Crippen LogP) is 2.64. The van der Waals surface area contributed by atoms with Gasteiger partial charge in [0.25, 0.3) is 0 Å². The molecule has 1 atom stereocenters. The molecule has 0 radical (unpaired) electrons. The van der Waals surface area contributed by atoms with Crippen molar-refractivity contribution in [2.45, 2.75) is 18.9 Å². The largest absolute Gasteiger partial charge is 0.385 e. The van der Waals surface area contributed by atoms with Crippen LogP contribution in [0.2, 0.25) is 5.02 Å². The van der Waals surface area contributed by atoms with Crippen LogP contribution in [0, 0.1) is 0 Å². The molecule has 5 heteroatoms. The Hall–Kier alpha value is -0.770. The van der Waals surface area contributed by atoms with E-state index in [4.69, 9.17) is 27.9 Å². The number of carbonyl (C=O) groups is 1. The Morgan fingerprint density at radius 1 is 1.50 bits per heavy atom. The highest BCUT2D eigenvalue weighted by atomic mass is 35.5. The van der Waals surface area contributed by atoms with Gasteiger partial charge in [0.2, 0.25) is 5.91 Å². The van der Waals surface area contributed by atoms with Crippen molar-refractivity contribution in [3.8, 4) is 0 Å². The fraction of sp³-hybridized carbons (Fsp3) is 0.462. The second-order valence-electron chi connectivity index (χ2n) is 4.01. The summed E-state index contributed by atoms with van der Waals surface area (Å²) in [7, 11) is 1.62. The molecule has 0 saturated heterocycles. The first-order valence-corrected chi connectivity index (χ1v) is 6.65. The van der Waals surface area contributed by atoms with Crippen molar-refractivity contribution in [1.82, 2.24) is 5.32 Å². The molecule has 1 aromatic rings. The number of hydrogen-bond acceptors (Lipinski definition) is 2. The first-order valence-electron chi connectivity index (χ1n) is 5.74. The van der Waals surface area contributed by atoms with Crippen molar-refractivity contribution in [3.63, 3.8) is 0 Å². The number of rotatable bonds is 7. The van der Waals surface area contributed by atoms with Gasteiger partial charge in [-0.1, -0.05) is 23.7 Å². The van der Waals surface area contributed by atoms with Crippen LogP contribution in [0.1, 0.15) is 12.0 Å². The first kappa shape index (κ1) is 15.3. The Bertz CT molecular complexity index is 385. The summed E-state index contributed by atoms with van der Waals surface area (Å²) in [5, 5.41) is 3.51. The van der Waals surface area contributed by atoms with E-state index in [0.29, 0.717) is 30.4 Å². The summed E-state index contributed by atoms with van der Waals surface area (Å²) in [5.74, 6) is 0.323. The minimum absolute atomic E-state index is 0.0565. The molecule has 3 nitrogen and oxygen atoms in total. The van der Waals surface area contributed by atoms with Gasteiger partial charge < -0.3 is 10.1 Å². The van der Waals surface area contributed by atoms with Gasteiger partial charge in [-0.25, -0.2) is 0 Å². The van der Waals surface area contributed by atoms with Crippen molar-refractivity contribution in [3.05, 3.63) is 34.9 Å². The molecule has 100 valence electrons. The highest BCUT2D eigenvalue weighted by Gasteiger charge is 2.11. The summed E-state index contributed by atoms with van der Waals surface area (Å²) in [6.07, 6.45) is 1.02. The van der Waals surface area contributed by atoms with E-state index in [9.17, 15) is 4.79 Å². The number of carbonyl (C=O) groups excluding carboxylic acids is 1. The fourth-order valence-corrected chi connectivity index (χ4v) is 2.00. The van der Waals surface area contributed by atoms with Crippen LogP contribution >= 0.6 is 23.2 Å². The summed E-state index contributed by atoms with van der Waals surface area (Å²) in [4.78, 5) is 11.8. The highest BCUT2D eigenvalue weighted by molar-refractivity contribution is 6.30. The number of amides is 1. The number of benzene rings is 1. The lowest BCUT2D eigenvalue weighted by atomic mass is 10.1. The summed E-state index contributed by atoms with van der Waals surface area (Å²) in [5.41, 5.74) is 0.889. The average Bonchev–Trinajstić information content (AvgIpc) is 2.34. The molecule has 0 bridgehead atoms. The van der Waals surface area contributed by atoms with Crippen LogP contribution in [-0.4, -0.2) is 31.5 Å². The van der Waals surface area contributed by atoms with Gasteiger partial charge in [-0.05, 0) is 24.1 Å². The highest BCUT2D eigenvalue weighted by Crippen LogP contribution is 2.11. The molecular weight excluding hydrogens is 273 g/mol. The summed E-state index contributed by atoms with van der Waals surface area (Å²) in [6.45, 7) is 0.578. The second kappa shape index (κ2) is 8.35. The molecule has 0 fully saturated rings. The van der Waals surface area contributed by atoms with Gasteiger partial charge in [0, 0.05) is 30.7 Å². The number of ether oxygens (including phenoxy) is 1. The molecular formula is C13H17Cl2NO2. The number of nitrogens with one attached hydrogen (secondary N) is 1. The Labute approximate surface area is 117 Å². The minimum atomic E-state index is -0.0571. The van der Waals surface area contributed by atoms with Gasteiger partial charge in [0.05, 0.1) is 6.42 Å². The topological polar surface area (TPSA) is 38.3 Å². The molecule has 0 aliphatic carbocycles. The van der Waals surface area contributed by atoms with Crippen LogP contribution < -0.4 is 5.32 Å². The summed E-state index contributed by atoms with van der Waals surface area (Å²) in [6, 6.07) is 7.21. The van der Waals surface area contributed by atoms with Crippen molar-refractivity contribution in [2.24, 2.45) is 0 Å². The summed E-state index contributed by atoms with van der Waals surface area (Å²) >= 11 is 11.6. The van der Waals surface area contributed by atoms with Crippen LogP contribution in [0.3, 0.4) is 0 Å². The molecule has 1 aromatic carbocycles. The maximum atomic E-state index is 11.8. The van der Waals surface area contributed by atoms with Crippen LogP contribution in [-0.2, 0) is 16.0 Å². The molecule has 1 rings (SSSR count). The number of alkyl halides is 1. The molecule has 1 unspecified atom stereocenters. The predicted molar refractivity (Wildman–Crippen MR) is 74.3 cm³/mol.